The zero-order valence-corrected chi connectivity index (χ0v) is 5.95. The van der Waals surface area contributed by atoms with Crippen LogP contribution in [-0.2, 0) is 18.0 Å². The van der Waals surface area contributed by atoms with Crippen LogP contribution in [0.3, 0.4) is 0 Å². The Morgan fingerprint density at radius 3 is 1.33 bits per heavy atom. The number of hydrogen-bond acceptors (Lipinski definition) is 3. The average Bonchev–Trinajstić information content (AvgIpc) is 1.72. The van der Waals surface area contributed by atoms with Gasteiger partial charge in [0.25, 0.3) is 0 Å². The van der Waals surface area contributed by atoms with Crippen LogP contribution in [0.25, 0.3) is 0 Å². The quantitative estimate of drug-likeness (QED) is 0.553. The minimum atomic E-state index is -0.125. The van der Waals surface area contributed by atoms with Crippen molar-refractivity contribution in [2.75, 3.05) is 13.2 Å². The monoisotopic (exact) mass is 192 g/mol. The molecule has 0 amide bonds. The van der Waals surface area contributed by atoms with Crippen molar-refractivity contribution in [2.24, 2.45) is 0 Å². The van der Waals surface area contributed by atoms with Crippen LogP contribution < -0.4 is 0 Å². The molecule has 0 spiro atoms. The van der Waals surface area contributed by atoms with E-state index >= 15 is 0 Å². The van der Waals surface area contributed by atoms with Crippen molar-refractivity contribution in [2.45, 2.75) is 0 Å². The molecule has 0 aliphatic rings. The molecule has 0 aliphatic carbocycles. The van der Waals surface area contributed by atoms with Crippen molar-refractivity contribution in [1.82, 2.24) is 0 Å². The van der Waals surface area contributed by atoms with Gasteiger partial charge in [-0.05, 0) is 0 Å². The first-order chi connectivity index (χ1) is 2.91. The fourth-order valence-electron chi connectivity index (χ4n) is 0. The molecule has 38 valence electrons. The number of hydrogen-bond donors (Lipinski definition) is 2. The van der Waals surface area contributed by atoms with Gasteiger partial charge >= 0.3 is 27.8 Å². The summed E-state index contributed by atoms with van der Waals surface area (Å²) >= 11 is 1.53. The first-order valence-corrected chi connectivity index (χ1v) is 4.09. The fraction of sp³-hybridized carbons (Fsp3) is 1.00. The van der Waals surface area contributed by atoms with Gasteiger partial charge in [0.2, 0.25) is 0 Å². The number of aliphatic hydroxyl groups is 2. The van der Waals surface area contributed by atoms with E-state index in [-0.39, 0.29) is 13.2 Å². The van der Waals surface area contributed by atoms with Crippen LogP contribution in [0.4, 0.5) is 0 Å². The second kappa shape index (κ2) is 17.0. The first-order valence-electron chi connectivity index (χ1n) is 1.30. The Kier molecular flexibility index (Phi) is 28.2. The number of rotatable bonds is 1. The summed E-state index contributed by atoms with van der Waals surface area (Å²) < 4.78 is 0. The number of aliphatic hydroxyl groups excluding tert-OH is 2. The van der Waals surface area contributed by atoms with E-state index in [4.69, 9.17) is 10.2 Å². The Balaban J connectivity index is 0. The van der Waals surface area contributed by atoms with Gasteiger partial charge in [-0.15, -0.1) is 0 Å². The maximum absolute atomic E-state index is 7.62. The van der Waals surface area contributed by atoms with Crippen molar-refractivity contribution >= 4 is 9.82 Å². The molecule has 0 aromatic carbocycles. The molecule has 0 rings (SSSR count). The molecule has 0 atom stereocenters. The average molecular weight is 190 g/mol. The Hall–Kier alpha value is 0.828. The van der Waals surface area contributed by atoms with E-state index < -0.39 is 0 Å². The second-order valence-electron chi connectivity index (χ2n) is 0.447. The maximum atomic E-state index is 7.62. The minimum absolute atomic E-state index is 0.125. The van der Waals surface area contributed by atoms with Crippen LogP contribution in [0.1, 0.15) is 0 Å². The molecular weight excluding hydrogens is 184 g/mol. The van der Waals surface area contributed by atoms with Crippen molar-refractivity contribution in [1.29, 1.82) is 0 Å². The van der Waals surface area contributed by atoms with E-state index in [0.717, 1.165) is 0 Å². The molecule has 0 radical (unpaired) electrons. The van der Waals surface area contributed by atoms with Crippen LogP contribution in [-0.4, -0.2) is 23.4 Å². The van der Waals surface area contributed by atoms with Crippen LogP contribution in [0.5, 0.6) is 0 Å². The van der Waals surface area contributed by atoms with Gasteiger partial charge in [-0.1, -0.05) is 0 Å². The van der Waals surface area contributed by atoms with Crippen molar-refractivity contribution in [3.8, 4) is 0 Å². The van der Waals surface area contributed by atoms with Gasteiger partial charge in [-0.2, -0.15) is 0 Å². The third-order valence-electron chi connectivity index (χ3n) is 0.1000. The molecule has 0 aromatic rings. The van der Waals surface area contributed by atoms with E-state index in [0.29, 0.717) is 0 Å². The summed E-state index contributed by atoms with van der Waals surface area (Å²) in [5.74, 6) is 0. The van der Waals surface area contributed by atoms with E-state index in [2.05, 4.69) is 9.82 Å². The summed E-state index contributed by atoms with van der Waals surface area (Å²) in [4.78, 5) is 0. The van der Waals surface area contributed by atoms with Crippen molar-refractivity contribution in [3.63, 3.8) is 0 Å². The standard InChI is InChI=1S/C2H6O2.Mo.S/c3-1-2-4;;/h3-4H,1-2H2;;. The van der Waals surface area contributed by atoms with Crippen LogP contribution in [0.15, 0.2) is 0 Å². The van der Waals surface area contributed by atoms with Gasteiger partial charge in [-0.3, -0.25) is 0 Å². The van der Waals surface area contributed by atoms with Gasteiger partial charge in [0, 0.05) is 0 Å². The van der Waals surface area contributed by atoms with E-state index in [1.165, 1.54) is 18.0 Å². The zero-order chi connectivity index (χ0) is 5.41. The van der Waals surface area contributed by atoms with E-state index in [1.807, 2.05) is 0 Å². The SMILES string of the molecule is OCCO.[S]=[Mo]. The summed E-state index contributed by atoms with van der Waals surface area (Å²) in [6.45, 7) is -0.250. The van der Waals surface area contributed by atoms with Crippen LogP contribution in [0, 0.1) is 0 Å². The molecule has 0 unspecified atom stereocenters. The first kappa shape index (κ1) is 9.95. The Morgan fingerprint density at radius 2 is 1.33 bits per heavy atom. The third kappa shape index (κ3) is 21.2. The molecule has 0 aliphatic heterocycles. The van der Waals surface area contributed by atoms with Crippen molar-refractivity contribution < 1.29 is 28.2 Å². The van der Waals surface area contributed by atoms with E-state index in [1.54, 1.807) is 0 Å². The Labute approximate surface area is 51.5 Å². The molecule has 0 fully saturated rings. The molecule has 0 bridgehead atoms. The molecule has 2 N–H and O–H groups in total. The van der Waals surface area contributed by atoms with Gasteiger partial charge in [0.15, 0.2) is 0 Å². The molecule has 0 saturated heterocycles. The summed E-state index contributed by atoms with van der Waals surface area (Å²) in [5, 5.41) is 15.2. The predicted octanol–water partition coefficient (Wildman–Crippen LogP) is -0.383. The Bertz CT molecular complexity index is 19.0. The fourth-order valence-corrected chi connectivity index (χ4v) is 0. The van der Waals surface area contributed by atoms with Crippen molar-refractivity contribution in [3.05, 3.63) is 0 Å². The zero-order valence-electron chi connectivity index (χ0n) is 3.13. The molecule has 2 nitrogen and oxygen atoms in total. The Morgan fingerprint density at radius 1 is 1.17 bits per heavy atom. The molecule has 0 heterocycles. The molecule has 4 heteroatoms. The van der Waals surface area contributed by atoms with Gasteiger partial charge in [0.05, 0.1) is 13.2 Å². The topological polar surface area (TPSA) is 40.5 Å². The van der Waals surface area contributed by atoms with Gasteiger partial charge < -0.3 is 10.2 Å². The van der Waals surface area contributed by atoms with Crippen LogP contribution >= 0.6 is 9.82 Å². The molecule has 0 saturated carbocycles. The molecule has 6 heavy (non-hydrogen) atoms. The summed E-state index contributed by atoms with van der Waals surface area (Å²) in [7, 11) is 4.09. The molecule has 0 aromatic heterocycles. The van der Waals surface area contributed by atoms with Gasteiger partial charge in [0.1, 0.15) is 0 Å². The predicted molar refractivity (Wildman–Crippen MR) is 21.8 cm³/mol. The third-order valence-corrected chi connectivity index (χ3v) is 0.1000. The van der Waals surface area contributed by atoms with Crippen LogP contribution in [0.2, 0.25) is 0 Å². The van der Waals surface area contributed by atoms with Gasteiger partial charge in [-0.25, -0.2) is 0 Å². The van der Waals surface area contributed by atoms with E-state index in [9.17, 15) is 0 Å². The second-order valence-corrected chi connectivity index (χ2v) is 0.447. The molecular formula is C2H6MoO2S. The normalized spacial score (nSPS) is 5.67. The summed E-state index contributed by atoms with van der Waals surface area (Å²) in [6.07, 6.45) is 0. The summed E-state index contributed by atoms with van der Waals surface area (Å²) in [6, 6.07) is 0. The summed E-state index contributed by atoms with van der Waals surface area (Å²) in [5.41, 5.74) is 0.